The Hall–Kier alpha value is -2.61. The van der Waals surface area contributed by atoms with Crippen molar-refractivity contribution in [2.45, 2.75) is 32.3 Å². The largest absolute Gasteiger partial charge is 0.340 e. The molecule has 140 valence electrons. The third kappa shape index (κ3) is 3.37. The van der Waals surface area contributed by atoms with Gasteiger partial charge in [-0.2, -0.15) is 4.52 Å². The van der Waals surface area contributed by atoms with Gasteiger partial charge in [0.25, 0.3) is 0 Å². The lowest BCUT2D eigenvalue weighted by Crippen LogP contribution is -2.10. The van der Waals surface area contributed by atoms with Crippen molar-refractivity contribution in [3.05, 3.63) is 42.0 Å². The topological polar surface area (TPSA) is 129 Å². The minimum Gasteiger partial charge on any atom is -0.340 e. The van der Waals surface area contributed by atoms with Gasteiger partial charge in [0.1, 0.15) is 17.5 Å². The highest BCUT2D eigenvalue weighted by atomic mass is 31.2. The molecule has 3 N–H and O–H groups in total. The Morgan fingerprint density at radius 1 is 1.15 bits per heavy atom. The van der Waals surface area contributed by atoms with Crippen molar-refractivity contribution < 1.29 is 14.4 Å². The first-order chi connectivity index (χ1) is 12.6. The number of hydrogen-bond acceptors (Lipinski definition) is 5. The number of fused-ring (bicyclic) bond motifs is 3. The molecule has 4 rings (SSSR count). The number of aromatic amines is 1. The van der Waals surface area contributed by atoms with E-state index in [2.05, 4.69) is 45.8 Å². The van der Waals surface area contributed by atoms with Gasteiger partial charge in [0.2, 0.25) is 0 Å². The van der Waals surface area contributed by atoms with Crippen LogP contribution in [0.1, 0.15) is 32.2 Å². The molecule has 0 aliphatic carbocycles. The van der Waals surface area contributed by atoms with E-state index in [9.17, 15) is 14.4 Å². The molecule has 0 fully saturated rings. The summed E-state index contributed by atoms with van der Waals surface area (Å²) < 4.78 is 12.9. The molecule has 4 aromatic rings. The Morgan fingerprint density at radius 2 is 1.85 bits per heavy atom. The van der Waals surface area contributed by atoms with Crippen molar-refractivity contribution in [3.8, 4) is 11.4 Å². The van der Waals surface area contributed by atoms with Gasteiger partial charge in [-0.05, 0) is 11.0 Å². The van der Waals surface area contributed by atoms with E-state index in [0.29, 0.717) is 22.6 Å². The van der Waals surface area contributed by atoms with Crippen LogP contribution in [0.5, 0.6) is 0 Å². The van der Waals surface area contributed by atoms with Crippen LogP contribution in [-0.4, -0.2) is 39.3 Å². The van der Waals surface area contributed by atoms with Crippen LogP contribution in [0.15, 0.2) is 30.6 Å². The van der Waals surface area contributed by atoms with Gasteiger partial charge in [0.15, 0.2) is 17.1 Å². The van der Waals surface area contributed by atoms with Crippen molar-refractivity contribution in [2.75, 3.05) is 0 Å². The maximum absolute atomic E-state index is 11.5. The van der Waals surface area contributed by atoms with E-state index in [0.717, 1.165) is 5.56 Å². The Balaban J connectivity index is 1.88. The van der Waals surface area contributed by atoms with Gasteiger partial charge < -0.3 is 14.8 Å². The van der Waals surface area contributed by atoms with E-state index >= 15 is 0 Å². The quantitative estimate of drug-likeness (QED) is 0.462. The Kier molecular flexibility index (Phi) is 3.92. The molecule has 1 aromatic carbocycles. The summed E-state index contributed by atoms with van der Waals surface area (Å²) in [5, 5.41) is 4.44. The molecule has 3 heterocycles. The number of imidazole rings is 1. The fourth-order valence-electron chi connectivity index (χ4n) is 2.89. The number of nitrogens with one attached hydrogen (secondary N) is 1. The van der Waals surface area contributed by atoms with Crippen molar-refractivity contribution in [3.63, 3.8) is 0 Å². The Labute approximate surface area is 154 Å². The minimum absolute atomic E-state index is 0.0352. The molecule has 10 heteroatoms. The zero-order valence-corrected chi connectivity index (χ0v) is 16.0. The van der Waals surface area contributed by atoms with Crippen LogP contribution < -0.4 is 0 Å². The van der Waals surface area contributed by atoms with Gasteiger partial charge >= 0.3 is 7.60 Å². The van der Waals surface area contributed by atoms with Crippen molar-refractivity contribution >= 4 is 24.4 Å². The van der Waals surface area contributed by atoms with Crippen LogP contribution in [0.25, 0.3) is 28.2 Å². The number of nitrogens with zero attached hydrogens (tertiary/aromatic N) is 5. The molecule has 0 radical (unpaired) electrons. The second kappa shape index (κ2) is 5.95. The van der Waals surface area contributed by atoms with Crippen LogP contribution in [0.2, 0.25) is 0 Å². The summed E-state index contributed by atoms with van der Waals surface area (Å²) in [4.78, 5) is 34.5. The second-order valence-corrected chi connectivity index (χ2v) is 9.10. The van der Waals surface area contributed by atoms with Crippen molar-refractivity contribution in [1.82, 2.24) is 29.5 Å². The third-order valence-electron chi connectivity index (χ3n) is 4.29. The molecule has 0 amide bonds. The van der Waals surface area contributed by atoms with Gasteiger partial charge in [0, 0.05) is 5.56 Å². The fourth-order valence-corrected chi connectivity index (χ4v) is 3.46. The van der Waals surface area contributed by atoms with E-state index in [1.54, 1.807) is 0 Å². The Morgan fingerprint density at radius 3 is 2.48 bits per heavy atom. The summed E-state index contributed by atoms with van der Waals surface area (Å²) >= 11 is 0. The average molecular weight is 386 g/mol. The predicted octanol–water partition coefficient (Wildman–Crippen LogP) is 2.64. The number of hydrogen-bond donors (Lipinski definition) is 3. The first-order valence-electron chi connectivity index (χ1n) is 8.36. The van der Waals surface area contributed by atoms with E-state index < -0.39 is 13.8 Å². The number of aromatic nitrogens is 6. The second-order valence-electron chi connectivity index (χ2n) is 7.45. The van der Waals surface area contributed by atoms with E-state index in [4.69, 9.17) is 0 Å². The average Bonchev–Trinajstić information content (AvgIpc) is 3.18. The molecule has 0 saturated carbocycles. The predicted molar refractivity (Wildman–Crippen MR) is 100 cm³/mol. The van der Waals surface area contributed by atoms with Gasteiger partial charge in [0.05, 0.1) is 6.33 Å². The molecule has 3 aromatic heterocycles. The maximum atomic E-state index is 11.5. The molecular weight excluding hydrogens is 367 g/mol. The Bertz CT molecular complexity index is 1180. The maximum Gasteiger partial charge on any atom is 0.333 e. The fraction of sp³-hybridized carbons (Fsp3) is 0.294. The van der Waals surface area contributed by atoms with Crippen molar-refractivity contribution in [2.24, 2.45) is 0 Å². The molecule has 0 atom stereocenters. The van der Waals surface area contributed by atoms with E-state index in [1.165, 1.54) is 16.4 Å². The SMILES string of the molecule is CC(C)(C)c1ccc(-c2nc3c4[nH]cnc4nc(CP(=O)(O)O)n3n2)cc1. The first kappa shape index (κ1) is 17.8. The van der Waals surface area contributed by atoms with Crippen LogP contribution >= 0.6 is 7.60 Å². The summed E-state index contributed by atoms with van der Waals surface area (Å²) in [5.41, 5.74) is 3.36. The molecule has 0 aliphatic heterocycles. The lowest BCUT2D eigenvalue weighted by molar-refractivity contribution is 0.370. The van der Waals surface area contributed by atoms with Gasteiger partial charge in [-0.15, -0.1) is 5.10 Å². The molecule has 0 saturated heterocycles. The molecule has 0 unspecified atom stereocenters. The molecular formula is C17H19N6O3P. The molecule has 0 bridgehead atoms. The number of rotatable bonds is 3. The normalized spacial score (nSPS) is 12.9. The minimum atomic E-state index is -4.33. The standard InChI is InChI=1S/C17H19N6O3P/c1-17(2,3)11-6-4-10(5-7-11)14-21-16-13-15(19-9-18-13)20-12(23(16)22-14)8-27(24,25)26/h4-7,9H,8H2,1-3H3,(H,18,19)(H2,24,25,26). The van der Waals surface area contributed by atoms with Gasteiger partial charge in [-0.25, -0.2) is 15.0 Å². The van der Waals surface area contributed by atoms with E-state index in [-0.39, 0.29) is 11.2 Å². The molecule has 0 spiro atoms. The highest BCUT2D eigenvalue weighted by Crippen LogP contribution is 2.39. The lowest BCUT2D eigenvalue weighted by atomic mass is 9.87. The third-order valence-corrected chi connectivity index (χ3v) is 4.98. The summed E-state index contributed by atoms with van der Waals surface area (Å²) in [6, 6.07) is 7.94. The zero-order chi connectivity index (χ0) is 19.4. The molecule has 27 heavy (non-hydrogen) atoms. The highest BCUT2D eigenvalue weighted by molar-refractivity contribution is 7.50. The van der Waals surface area contributed by atoms with E-state index in [1.807, 2.05) is 24.3 Å². The van der Waals surface area contributed by atoms with Crippen LogP contribution in [-0.2, 0) is 16.1 Å². The van der Waals surface area contributed by atoms with Gasteiger partial charge in [-0.3, -0.25) is 4.57 Å². The summed E-state index contributed by atoms with van der Waals surface area (Å²) in [7, 11) is -4.33. The van der Waals surface area contributed by atoms with Crippen LogP contribution in [0.4, 0.5) is 0 Å². The molecule has 0 aliphatic rings. The summed E-state index contributed by atoms with van der Waals surface area (Å²) in [6.07, 6.45) is 0.920. The first-order valence-corrected chi connectivity index (χ1v) is 10.2. The van der Waals surface area contributed by atoms with Gasteiger partial charge in [-0.1, -0.05) is 45.0 Å². The monoisotopic (exact) mass is 386 g/mol. The van der Waals surface area contributed by atoms with Crippen LogP contribution in [0, 0.1) is 0 Å². The van der Waals surface area contributed by atoms with Crippen molar-refractivity contribution in [1.29, 1.82) is 0 Å². The summed E-state index contributed by atoms with van der Waals surface area (Å²) in [6.45, 7) is 6.42. The molecule has 9 nitrogen and oxygen atoms in total. The summed E-state index contributed by atoms with van der Waals surface area (Å²) in [5.74, 6) is 0.564. The highest BCUT2D eigenvalue weighted by Gasteiger charge is 2.22. The lowest BCUT2D eigenvalue weighted by Gasteiger charge is -2.18. The zero-order valence-electron chi connectivity index (χ0n) is 15.1. The number of benzene rings is 1. The van der Waals surface area contributed by atoms with Crippen LogP contribution in [0.3, 0.4) is 0 Å². The smallest absolute Gasteiger partial charge is 0.333 e. The number of H-pyrrole nitrogens is 1.